The van der Waals surface area contributed by atoms with E-state index in [-0.39, 0.29) is 18.7 Å². The molecule has 24 heavy (non-hydrogen) atoms. The van der Waals surface area contributed by atoms with Crippen LogP contribution >= 0.6 is 0 Å². The first-order valence-electron chi connectivity index (χ1n) is 8.71. The van der Waals surface area contributed by atoms with E-state index in [1.165, 1.54) is 0 Å². The van der Waals surface area contributed by atoms with Crippen LogP contribution < -0.4 is 11.2 Å². The van der Waals surface area contributed by atoms with Gasteiger partial charge in [0.25, 0.3) is 0 Å². The molecule has 0 aromatic heterocycles. The van der Waals surface area contributed by atoms with Gasteiger partial charge in [-0.3, -0.25) is 5.41 Å². The molecule has 1 aliphatic carbocycles. The molecule has 0 aromatic carbocycles. The molecule has 0 radical (unpaired) electrons. The molecule has 1 saturated carbocycles. The van der Waals surface area contributed by atoms with E-state index < -0.39 is 6.04 Å². The minimum atomic E-state index is -0.454. The van der Waals surface area contributed by atoms with Crippen LogP contribution in [0.3, 0.4) is 0 Å². The number of hydroxylamine groups is 1. The number of amidine groups is 1. The van der Waals surface area contributed by atoms with E-state index in [1.54, 1.807) is 14.0 Å². The Morgan fingerprint density at radius 3 is 2.54 bits per heavy atom. The molecule has 1 rings (SSSR count). The molecule has 5 N–H and O–H groups in total. The summed E-state index contributed by atoms with van der Waals surface area (Å²) in [5.74, 6) is 0.981. The molecule has 0 aromatic rings. The summed E-state index contributed by atoms with van der Waals surface area (Å²) in [6.07, 6.45) is 4.63. The number of nitrogens with two attached hydrogens (primary N) is 1. The van der Waals surface area contributed by atoms with Crippen molar-refractivity contribution in [2.75, 3.05) is 20.3 Å². The average molecular weight is 342 g/mol. The van der Waals surface area contributed by atoms with Crippen LogP contribution in [-0.4, -0.2) is 60.3 Å². The number of hydrogen-bond donors (Lipinski definition) is 4. The second kappa shape index (κ2) is 10.7. The molecule has 0 spiro atoms. The Labute approximate surface area is 145 Å². The van der Waals surface area contributed by atoms with E-state index in [0.717, 1.165) is 25.7 Å². The fourth-order valence-electron chi connectivity index (χ4n) is 3.06. The first-order chi connectivity index (χ1) is 11.4. The van der Waals surface area contributed by atoms with Gasteiger partial charge >= 0.3 is 0 Å². The molecule has 0 bridgehead atoms. The number of rotatable bonds is 10. The average Bonchev–Trinajstić information content (AvgIpc) is 2.57. The predicted octanol–water partition coefficient (Wildman–Crippen LogP) is 1.38. The van der Waals surface area contributed by atoms with Gasteiger partial charge in [0.2, 0.25) is 0 Å². The number of aliphatic hydroxyl groups is 1. The van der Waals surface area contributed by atoms with E-state index in [4.69, 9.17) is 25.8 Å². The third kappa shape index (κ3) is 6.76. The smallest absolute Gasteiger partial charge is 0.114 e. The molecule has 2 atom stereocenters. The van der Waals surface area contributed by atoms with E-state index in [0.29, 0.717) is 30.7 Å². The van der Waals surface area contributed by atoms with Crippen molar-refractivity contribution < 1.29 is 14.7 Å². The van der Waals surface area contributed by atoms with Crippen LogP contribution in [0.15, 0.2) is 12.3 Å². The van der Waals surface area contributed by atoms with Crippen LogP contribution in [0.2, 0.25) is 0 Å². The number of allylic oxidation sites excluding steroid dienone is 1. The summed E-state index contributed by atoms with van der Waals surface area (Å²) in [5.41, 5.74) is 9.01. The molecule has 0 amide bonds. The zero-order chi connectivity index (χ0) is 18.1. The van der Waals surface area contributed by atoms with Gasteiger partial charge in [0.1, 0.15) is 11.6 Å². The van der Waals surface area contributed by atoms with Crippen molar-refractivity contribution >= 4 is 5.84 Å². The molecular formula is C17H34N4O3. The van der Waals surface area contributed by atoms with Crippen LogP contribution in [0.5, 0.6) is 0 Å². The van der Waals surface area contributed by atoms with Crippen molar-refractivity contribution in [2.24, 2.45) is 5.73 Å². The van der Waals surface area contributed by atoms with Gasteiger partial charge in [-0.05, 0) is 46.0 Å². The normalized spacial score (nSPS) is 23.4. The Kier molecular flexibility index (Phi) is 9.28. The number of nitrogens with one attached hydrogen (secondary N) is 2. The lowest BCUT2D eigenvalue weighted by atomic mass is 9.91. The highest BCUT2D eigenvalue weighted by atomic mass is 16.6. The Morgan fingerprint density at radius 2 is 2.04 bits per heavy atom. The Balaban J connectivity index is 2.71. The Morgan fingerprint density at radius 1 is 1.42 bits per heavy atom. The van der Waals surface area contributed by atoms with Gasteiger partial charge in [-0.15, -0.1) is 0 Å². The summed E-state index contributed by atoms with van der Waals surface area (Å²) < 4.78 is 5.44. The van der Waals surface area contributed by atoms with Crippen LogP contribution in [0.25, 0.3) is 0 Å². The molecule has 1 fully saturated rings. The summed E-state index contributed by atoms with van der Waals surface area (Å²) in [7, 11) is 1.75. The van der Waals surface area contributed by atoms with Gasteiger partial charge in [-0.2, -0.15) is 5.48 Å². The Hall–Kier alpha value is -1.15. The lowest BCUT2D eigenvalue weighted by Gasteiger charge is -2.40. The minimum absolute atomic E-state index is 0.0135. The standard InChI is InChI=1S/C17H34N4O3/c1-12(2)24-20-13(3)11-21(17(19)16(18)9-10-22)14-5-7-15(23-4)8-6-14/h13-16,19-20,22H,1,5-11,18H2,2-4H3/t13?,14?,15?,16-/m0/s1. The van der Waals surface area contributed by atoms with Gasteiger partial charge in [0.05, 0.1) is 18.2 Å². The highest BCUT2D eigenvalue weighted by molar-refractivity contribution is 5.84. The monoisotopic (exact) mass is 342 g/mol. The summed E-state index contributed by atoms with van der Waals surface area (Å²) >= 11 is 0. The second-order valence-corrected chi connectivity index (χ2v) is 6.65. The maximum Gasteiger partial charge on any atom is 0.114 e. The van der Waals surface area contributed by atoms with Crippen molar-refractivity contribution in [1.82, 2.24) is 10.4 Å². The minimum Gasteiger partial charge on any atom is -0.414 e. The number of methoxy groups -OCH3 is 1. The van der Waals surface area contributed by atoms with Gasteiger partial charge < -0.3 is 25.3 Å². The summed E-state index contributed by atoms with van der Waals surface area (Å²) in [5, 5.41) is 17.6. The lowest BCUT2D eigenvalue weighted by molar-refractivity contribution is 0.0400. The highest BCUT2D eigenvalue weighted by Gasteiger charge is 2.30. The van der Waals surface area contributed by atoms with Crippen molar-refractivity contribution in [3.05, 3.63) is 12.3 Å². The summed E-state index contributed by atoms with van der Waals surface area (Å²) in [6.45, 7) is 8.09. The zero-order valence-electron chi connectivity index (χ0n) is 15.3. The summed E-state index contributed by atoms with van der Waals surface area (Å²) in [6, 6.07) is -0.171. The van der Waals surface area contributed by atoms with E-state index in [1.807, 2.05) is 6.92 Å². The number of nitrogens with zero attached hydrogens (tertiary/aromatic N) is 1. The molecule has 1 unspecified atom stereocenters. The van der Waals surface area contributed by atoms with E-state index >= 15 is 0 Å². The largest absolute Gasteiger partial charge is 0.414 e. The highest BCUT2D eigenvalue weighted by Crippen LogP contribution is 2.25. The number of ether oxygens (including phenoxy) is 1. The zero-order valence-corrected chi connectivity index (χ0v) is 15.3. The van der Waals surface area contributed by atoms with Crippen molar-refractivity contribution in [3.63, 3.8) is 0 Å². The van der Waals surface area contributed by atoms with Gasteiger partial charge in [-0.25, -0.2) is 0 Å². The van der Waals surface area contributed by atoms with Crippen molar-refractivity contribution in [1.29, 1.82) is 5.41 Å². The SMILES string of the molecule is C=C(C)ONC(C)CN(C(=N)[C@@H](N)CCO)C1CCC(OC)CC1. The number of hydrogen-bond acceptors (Lipinski definition) is 6. The van der Waals surface area contributed by atoms with Crippen LogP contribution in [-0.2, 0) is 9.57 Å². The molecule has 7 nitrogen and oxygen atoms in total. The molecule has 0 saturated heterocycles. The Bertz CT molecular complexity index is 397. The third-order valence-corrected chi connectivity index (χ3v) is 4.42. The summed E-state index contributed by atoms with van der Waals surface area (Å²) in [4.78, 5) is 7.34. The second-order valence-electron chi connectivity index (χ2n) is 6.65. The molecule has 140 valence electrons. The topological polar surface area (TPSA) is 104 Å². The maximum atomic E-state index is 9.12. The molecular weight excluding hydrogens is 308 g/mol. The van der Waals surface area contributed by atoms with Gasteiger partial charge in [0.15, 0.2) is 0 Å². The van der Waals surface area contributed by atoms with Crippen molar-refractivity contribution in [2.45, 2.75) is 70.2 Å². The van der Waals surface area contributed by atoms with Crippen LogP contribution in [0.4, 0.5) is 0 Å². The molecule has 7 heteroatoms. The fourth-order valence-corrected chi connectivity index (χ4v) is 3.06. The van der Waals surface area contributed by atoms with Crippen molar-refractivity contribution in [3.8, 4) is 0 Å². The lowest BCUT2D eigenvalue weighted by Crippen LogP contribution is -2.53. The van der Waals surface area contributed by atoms with Crippen LogP contribution in [0.1, 0.15) is 46.0 Å². The van der Waals surface area contributed by atoms with Gasteiger partial charge in [-0.1, -0.05) is 6.58 Å². The predicted molar refractivity (Wildman–Crippen MR) is 95.7 cm³/mol. The third-order valence-electron chi connectivity index (χ3n) is 4.42. The number of aliphatic hydroxyl groups excluding tert-OH is 1. The quantitative estimate of drug-likeness (QED) is 0.207. The first kappa shape index (κ1) is 20.9. The van der Waals surface area contributed by atoms with Gasteiger partial charge in [0, 0.05) is 26.3 Å². The van der Waals surface area contributed by atoms with E-state index in [2.05, 4.69) is 17.0 Å². The molecule has 0 aliphatic heterocycles. The van der Waals surface area contributed by atoms with Crippen LogP contribution in [0, 0.1) is 5.41 Å². The maximum absolute atomic E-state index is 9.12. The molecule has 1 aliphatic rings. The van der Waals surface area contributed by atoms with E-state index in [9.17, 15) is 0 Å². The fraction of sp³-hybridized carbons (Fsp3) is 0.824. The molecule has 0 heterocycles. The first-order valence-corrected chi connectivity index (χ1v) is 8.71.